The molecule has 1 rings (SSSR count). The molecule has 0 heterocycles. The molecule has 0 spiro atoms. The summed E-state index contributed by atoms with van der Waals surface area (Å²) in [7, 11) is 0. The molecule has 0 saturated carbocycles. The molecule has 1 aromatic rings. The van der Waals surface area contributed by atoms with E-state index in [-0.39, 0.29) is 0 Å². The molecule has 0 aromatic heterocycles. The number of hydrogen-bond donors (Lipinski definition) is 2. The van der Waals surface area contributed by atoms with Gasteiger partial charge in [0.1, 0.15) is 0 Å². The second-order valence-corrected chi connectivity index (χ2v) is 4.68. The van der Waals surface area contributed by atoms with Gasteiger partial charge in [-0.15, -0.1) is 0 Å². The fourth-order valence-electron chi connectivity index (χ4n) is 1.48. The first-order chi connectivity index (χ1) is 6.92. The molecule has 1 aromatic carbocycles. The van der Waals surface area contributed by atoms with E-state index in [2.05, 4.69) is 19.2 Å². The molecule has 1 atom stereocenters. The Hall–Kier alpha value is -0.860. The molecule has 0 amide bonds. The first kappa shape index (κ1) is 12.2. The molecular formula is C13H21NO. The van der Waals surface area contributed by atoms with Gasteiger partial charge in [0.2, 0.25) is 0 Å². The quantitative estimate of drug-likeness (QED) is 0.793. The number of benzene rings is 1. The van der Waals surface area contributed by atoms with Gasteiger partial charge in [0.25, 0.3) is 0 Å². The zero-order valence-corrected chi connectivity index (χ0v) is 10.0. The maximum absolute atomic E-state index is 10.3. The summed E-state index contributed by atoms with van der Waals surface area (Å²) in [4.78, 5) is 0. The van der Waals surface area contributed by atoms with Crippen molar-refractivity contribution in [3.8, 4) is 0 Å². The van der Waals surface area contributed by atoms with Crippen LogP contribution in [0.4, 0.5) is 0 Å². The standard InChI is InChI=1S/C13H21NO/c1-10(2)14-9-13(4,15)12-7-5-6-11(3)8-12/h5-8,10,14-15H,9H2,1-4H3. The van der Waals surface area contributed by atoms with Crippen LogP contribution in [0.1, 0.15) is 31.9 Å². The van der Waals surface area contributed by atoms with Crippen LogP contribution in [0.3, 0.4) is 0 Å². The summed E-state index contributed by atoms with van der Waals surface area (Å²) < 4.78 is 0. The minimum absolute atomic E-state index is 0.390. The minimum Gasteiger partial charge on any atom is -0.384 e. The van der Waals surface area contributed by atoms with Crippen LogP contribution < -0.4 is 5.32 Å². The van der Waals surface area contributed by atoms with E-state index in [0.717, 1.165) is 5.56 Å². The highest BCUT2D eigenvalue weighted by atomic mass is 16.3. The van der Waals surface area contributed by atoms with Crippen molar-refractivity contribution < 1.29 is 5.11 Å². The molecular weight excluding hydrogens is 186 g/mol. The fourth-order valence-corrected chi connectivity index (χ4v) is 1.48. The molecule has 0 bridgehead atoms. The number of hydrogen-bond acceptors (Lipinski definition) is 2. The first-order valence-electron chi connectivity index (χ1n) is 5.45. The summed E-state index contributed by atoms with van der Waals surface area (Å²) in [5.41, 5.74) is 1.35. The molecule has 2 heteroatoms. The largest absolute Gasteiger partial charge is 0.384 e. The zero-order chi connectivity index (χ0) is 11.5. The van der Waals surface area contributed by atoms with E-state index < -0.39 is 5.60 Å². The average molecular weight is 207 g/mol. The number of nitrogens with one attached hydrogen (secondary N) is 1. The molecule has 0 aliphatic carbocycles. The second-order valence-electron chi connectivity index (χ2n) is 4.68. The van der Waals surface area contributed by atoms with Crippen LogP contribution in [0.5, 0.6) is 0 Å². The molecule has 0 aliphatic heterocycles. The van der Waals surface area contributed by atoms with E-state index in [4.69, 9.17) is 0 Å². The van der Waals surface area contributed by atoms with E-state index in [0.29, 0.717) is 12.6 Å². The summed E-state index contributed by atoms with van der Waals surface area (Å²) in [6.07, 6.45) is 0. The lowest BCUT2D eigenvalue weighted by molar-refractivity contribution is 0.0549. The Kier molecular flexibility index (Phi) is 3.89. The number of aryl methyl sites for hydroxylation is 1. The van der Waals surface area contributed by atoms with Gasteiger partial charge in [-0.2, -0.15) is 0 Å². The Morgan fingerprint density at radius 1 is 1.40 bits per heavy atom. The Labute approximate surface area is 92.3 Å². The van der Waals surface area contributed by atoms with Crippen LogP contribution in [0.15, 0.2) is 24.3 Å². The summed E-state index contributed by atoms with van der Waals surface area (Å²) in [5.74, 6) is 0. The first-order valence-corrected chi connectivity index (χ1v) is 5.45. The van der Waals surface area contributed by atoms with Crippen LogP contribution in [0.2, 0.25) is 0 Å². The number of aliphatic hydroxyl groups is 1. The lowest BCUT2D eigenvalue weighted by Crippen LogP contribution is -2.38. The minimum atomic E-state index is -0.795. The topological polar surface area (TPSA) is 32.3 Å². The smallest absolute Gasteiger partial charge is 0.0992 e. The molecule has 0 saturated heterocycles. The highest BCUT2D eigenvalue weighted by Crippen LogP contribution is 2.20. The highest BCUT2D eigenvalue weighted by molar-refractivity contribution is 5.27. The third-order valence-corrected chi connectivity index (χ3v) is 2.49. The molecule has 0 fully saturated rings. The van der Waals surface area contributed by atoms with Gasteiger partial charge in [-0.1, -0.05) is 43.7 Å². The predicted molar refractivity (Wildman–Crippen MR) is 63.9 cm³/mol. The summed E-state index contributed by atoms with van der Waals surface area (Å²) in [6, 6.07) is 8.40. The van der Waals surface area contributed by atoms with Crippen molar-refractivity contribution in [3.05, 3.63) is 35.4 Å². The van der Waals surface area contributed by atoms with Crippen molar-refractivity contribution in [2.45, 2.75) is 39.3 Å². The molecule has 0 aliphatic rings. The molecule has 84 valence electrons. The molecule has 0 radical (unpaired) electrons. The van der Waals surface area contributed by atoms with Crippen LogP contribution in [-0.2, 0) is 5.60 Å². The third-order valence-electron chi connectivity index (χ3n) is 2.49. The molecule has 2 nitrogen and oxygen atoms in total. The molecule has 2 N–H and O–H groups in total. The lowest BCUT2D eigenvalue weighted by Gasteiger charge is -2.26. The van der Waals surface area contributed by atoms with E-state index in [9.17, 15) is 5.11 Å². The zero-order valence-electron chi connectivity index (χ0n) is 10.0. The van der Waals surface area contributed by atoms with E-state index >= 15 is 0 Å². The van der Waals surface area contributed by atoms with Crippen molar-refractivity contribution in [1.29, 1.82) is 0 Å². The van der Waals surface area contributed by atoms with Crippen molar-refractivity contribution in [1.82, 2.24) is 5.32 Å². The monoisotopic (exact) mass is 207 g/mol. The summed E-state index contributed by atoms with van der Waals surface area (Å²) >= 11 is 0. The van der Waals surface area contributed by atoms with Gasteiger partial charge in [-0.3, -0.25) is 0 Å². The van der Waals surface area contributed by atoms with Crippen LogP contribution >= 0.6 is 0 Å². The van der Waals surface area contributed by atoms with Crippen molar-refractivity contribution in [3.63, 3.8) is 0 Å². The summed E-state index contributed by atoms with van der Waals surface area (Å²) in [6.45, 7) is 8.61. The van der Waals surface area contributed by atoms with Crippen LogP contribution in [-0.4, -0.2) is 17.7 Å². The molecule has 15 heavy (non-hydrogen) atoms. The van der Waals surface area contributed by atoms with Crippen LogP contribution in [0.25, 0.3) is 0 Å². The van der Waals surface area contributed by atoms with Crippen molar-refractivity contribution in [2.75, 3.05) is 6.54 Å². The molecule has 1 unspecified atom stereocenters. The van der Waals surface area contributed by atoms with Gasteiger partial charge in [0, 0.05) is 12.6 Å². The van der Waals surface area contributed by atoms with Crippen molar-refractivity contribution in [2.24, 2.45) is 0 Å². The third kappa shape index (κ3) is 3.65. The van der Waals surface area contributed by atoms with Gasteiger partial charge in [-0.05, 0) is 19.4 Å². The van der Waals surface area contributed by atoms with Gasteiger partial charge in [0.05, 0.1) is 5.60 Å². The second kappa shape index (κ2) is 4.77. The Morgan fingerprint density at radius 2 is 2.07 bits per heavy atom. The Balaban J connectivity index is 2.76. The maximum atomic E-state index is 10.3. The van der Waals surface area contributed by atoms with Crippen molar-refractivity contribution >= 4 is 0 Å². The lowest BCUT2D eigenvalue weighted by atomic mass is 9.94. The van der Waals surface area contributed by atoms with E-state index in [1.165, 1.54) is 5.56 Å². The average Bonchev–Trinajstić information content (AvgIpc) is 2.15. The van der Waals surface area contributed by atoms with Gasteiger partial charge in [-0.25, -0.2) is 0 Å². The van der Waals surface area contributed by atoms with E-state index in [1.54, 1.807) is 0 Å². The van der Waals surface area contributed by atoms with Gasteiger partial charge >= 0.3 is 0 Å². The summed E-state index contributed by atoms with van der Waals surface area (Å²) in [5, 5.41) is 13.6. The van der Waals surface area contributed by atoms with Crippen LogP contribution in [0, 0.1) is 6.92 Å². The van der Waals surface area contributed by atoms with E-state index in [1.807, 2.05) is 38.1 Å². The van der Waals surface area contributed by atoms with Gasteiger partial charge < -0.3 is 10.4 Å². The highest BCUT2D eigenvalue weighted by Gasteiger charge is 2.22. The Morgan fingerprint density at radius 3 is 2.60 bits per heavy atom. The normalized spacial score (nSPS) is 15.3. The van der Waals surface area contributed by atoms with Gasteiger partial charge in [0.15, 0.2) is 0 Å². The SMILES string of the molecule is Cc1cccc(C(C)(O)CNC(C)C)c1. The fraction of sp³-hybridized carbons (Fsp3) is 0.538. The maximum Gasteiger partial charge on any atom is 0.0992 e. The predicted octanol–water partition coefficient (Wildman–Crippen LogP) is 2.20. The Bertz CT molecular complexity index is 318. The number of rotatable bonds is 4.